The molecule has 0 spiro atoms. The Morgan fingerprint density at radius 3 is 2.64 bits per heavy atom. The van der Waals surface area contributed by atoms with Gasteiger partial charge in [-0.2, -0.15) is 0 Å². The van der Waals surface area contributed by atoms with Crippen molar-refractivity contribution in [1.29, 1.82) is 0 Å². The van der Waals surface area contributed by atoms with Crippen LogP contribution in [0.15, 0.2) is 10.6 Å². The zero-order chi connectivity index (χ0) is 10.7. The van der Waals surface area contributed by atoms with Gasteiger partial charge in [0.05, 0.1) is 6.10 Å². The van der Waals surface area contributed by atoms with Gasteiger partial charge in [-0.05, 0) is 13.8 Å². The number of carboxylic acids is 1. The van der Waals surface area contributed by atoms with E-state index in [4.69, 9.17) is 9.84 Å². The van der Waals surface area contributed by atoms with Gasteiger partial charge in [-0.1, -0.05) is 5.16 Å². The molecule has 1 aromatic rings. The molecule has 6 nitrogen and oxygen atoms in total. The monoisotopic (exact) mass is 199 g/mol. The summed E-state index contributed by atoms with van der Waals surface area (Å²) < 4.78 is 9.25. The number of aromatic carboxylic acids is 1. The molecule has 0 atom stereocenters. The summed E-state index contributed by atoms with van der Waals surface area (Å²) in [6.45, 7) is 3.35. The summed E-state index contributed by atoms with van der Waals surface area (Å²) in [5.74, 6) is -2.19. The van der Waals surface area contributed by atoms with E-state index in [1.165, 1.54) is 0 Å². The minimum Gasteiger partial charge on any atom is -0.476 e. The second-order valence-corrected chi connectivity index (χ2v) is 2.84. The third-order valence-corrected chi connectivity index (χ3v) is 1.27. The lowest BCUT2D eigenvalue weighted by Crippen LogP contribution is -2.10. The largest absolute Gasteiger partial charge is 0.476 e. The minimum atomic E-state index is -1.25. The van der Waals surface area contributed by atoms with Crippen molar-refractivity contribution >= 4 is 11.9 Å². The fraction of sp³-hybridized carbons (Fsp3) is 0.375. The smallest absolute Gasteiger partial charge is 0.377 e. The van der Waals surface area contributed by atoms with Gasteiger partial charge in [-0.3, -0.25) is 0 Å². The number of carboxylic acid groups (broad SMARTS) is 1. The maximum absolute atomic E-state index is 11.1. The van der Waals surface area contributed by atoms with Crippen LogP contribution >= 0.6 is 0 Å². The minimum absolute atomic E-state index is 0.212. The van der Waals surface area contributed by atoms with Gasteiger partial charge in [-0.15, -0.1) is 0 Å². The molecule has 76 valence electrons. The van der Waals surface area contributed by atoms with Crippen molar-refractivity contribution < 1.29 is 24.0 Å². The molecule has 1 N–H and O–H groups in total. The number of ether oxygens (including phenoxy) is 1. The lowest BCUT2D eigenvalue weighted by molar-refractivity contribution is 0.0330. The molecule has 1 heterocycles. The molecule has 0 aromatic carbocycles. The molecule has 0 fully saturated rings. The zero-order valence-electron chi connectivity index (χ0n) is 7.68. The molecule has 0 aliphatic heterocycles. The number of nitrogens with zero attached hydrogens (tertiary/aromatic N) is 1. The molecule has 0 aliphatic carbocycles. The Bertz CT molecular complexity index is 354. The van der Waals surface area contributed by atoms with Crippen molar-refractivity contribution in [2.24, 2.45) is 0 Å². The van der Waals surface area contributed by atoms with Crippen LogP contribution in [0, 0.1) is 0 Å². The van der Waals surface area contributed by atoms with E-state index in [0.29, 0.717) is 0 Å². The Kier molecular flexibility index (Phi) is 2.85. The fourth-order valence-corrected chi connectivity index (χ4v) is 0.744. The van der Waals surface area contributed by atoms with E-state index in [-0.39, 0.29) is 17.6 Å². The van der Waals surface area contributed by atoms with Crippen LogP contribution in [0.3, 0.4) is 0 Å². The second kappa shape index (κ2) is 3.91. The molecule has 14 heavy (non-hydrogen) atoms. The van der Waals surface area contributed by atoms with Gasteiger partial charge in [0.2, 0.25) is 5.76 Å². The van der Waals surface area contributed by atoms with E-state index in [1.807, 2.05) is 0 Å². The highest BCUT2D eigenvalue weighted by molar-refractivity contribution is 5.91. The first kappa shape index (κ1) is 10.2. The molecular weight excluding hydrogens is 190 g/mol. The van der Waals surface area contributed by atoms with Gasteiger partial charge in [0.25, 0.3) is 0 Å². The van der Waals surface area contributed by atoms with Gasteiger partial charge in [0, 0.05) is 6.07 Å². The van der Waals surface area contributed by atoms with Crippen molar-refractivity contribution in [2.45, 2.75) is 20.0 Å². The highest BCUT2D eigenvalue weighted by Gasteiger charge is 2.18. The number of hydrogen-bond donors (Lipinski definition) is 1. The molecule has 0 aliphatic rings. The van der Waals surface area contributed by atoms with Gasteiger partial charge < -0.3 is 14.4 Å². The Morgan fingerprint density at radius 2 is 2.21 bits per heavy atom. The summed E-state index contributed by atoms with van der Waals surface area (Å²) >= 11 is 0. The quantitative estimate of drug-likeness (QED) is 0.728. The van der Waals surface area contributed by atoms with E-state index in [2.05, 4.69) is 9.68 Å². The lowest BCUT2D eigenvalue weighted by atomic mass is 10.3. The normalized spacial score (nSPS) is 10.2. The van der Waals surface area contributed by atoms with Gasteiger partial charge in [0.15, 0.2) is 5.69 Å². The van der Waals surface area contributed by atoms with E-state index in [1.54, 1.807) is 13.8 Å². The van der Waals surface area contributed by atoms with Crippen LogP contribution in [0.1, 0.15) is 34.9 Å². The van der Waals surface area contributed by atoms with Crippen molar-refractivity contribution in [3.8, 4) is 0 Å². The molecular formula is C8H9NO5. The topological polar surface area (TPSA) is 89.6 Å². The van der Waals surface area contributed by atoms with Crippen LogP contribution in [-0.2, 0) is 4.74 Å². The van der Waals surface area contributed by atoms with Gasteiger partial charge in [0.1, 0.15) is 0 Å². The average Bonchev–Trinajstić information content (AvgIpc) is 2.50. The van der Waals surface area contributed by atoms with Crippen LogP contribution in [0.5, 0.6) is 0 Å². The third kappa shape index (κ3) is 2.32. The summed E-state index contributed by atoms with van der Waals surface area (Å²) in [5.41, 5.74) is -0.319. The van der Waals surface area contributed by atoms with Crippen LogP contribution in [0.4, 0.5) is 0 Å². The maximum atomic E-state index is 11.1. The molecule has 0 unspecified atom stereocenters. The number of hydrogen-bond acceptors (Lipinski definition) is 5. The van der Waals surface area contributed by atoms with Crippen molar-refractivity contribution in [1.82, 2.24) is 5.16 Å². The summed E-state index contributed by atoms with van der Waals surface area (Å²) in [7, 11) is 0. The van der Waals surface area contributed by atoms with E-state index < -0.39 is 11.9 Å². The van der Waals surface area contributed by atoms with E-state index in [9.17, 15) is 9.59 Å². The number of aromatic nitrogens is 1. The van der Waals surface area contributed by atoms with Gasteiger partial charge >= 0.3 is 11.9 Å². The van der Waals surface area contributed by atoms with Crippen LogP contribution in [-0.4, -0.2) is 28.3 Å². The zero-order valence-corrected chi connectivity index (χ0v) is 7.68. The Balaban J connectivity index is 2.76. The van der Waals surface area contributed by atoms with Crippen molar-refractivity contribution in [3.63, 3.8) is 0 Å². The standard InChI is InChI=1S/C8H9NO5/c1-4(2)13-8(12)6-3-5(7(10)11)9-14-6/h3-4H,1-2H3,(H,10,11). The molecule has 0 radical (unpaired) electrons. The molecule has 0 saturated heterocycles. The SMILES string of the molecule is CC(C)OC(=O)c1cc(C(=O)O)no1. The number of carbonyl (C=O) groups excluding carboxylic acids is 1. The summed E-state index contributed by atoms with van der Waals surface area (Å²) in [4.78, 5) is 21.5. The average molecular weight is 199 g/mol. The third-order valence-electron chi connectivity index (χ3n) is 1.27. The molecule has 0 amide bonds. The summed E-state index contributed by atoms with van der Waals surface area (Å²) in [5, 5.41) is 11.7. The van der Waals surface area contributed by atoms with Crippen LogP contribution in [0.2, 0.25) is 0 Å². The first-order chi connectivity index (χ1) is 6.50. The first-order valence-electron chi connectivity index (χ1n) is 3.91. The summed E-state index contributed by atoms with van der Waals surface area (Å²) in [6.07, 6.45) is -0.291. The molecule has 1 aromatic heterocycles. The Labute approximate surface area is 79.5 Å². The van der Waals surface area contributed by atoms with Gasteiger partial charge in [-0.25, -0.2) is 9.59 Å². The van der Waals surface area contributed by atoms with Crippen molar-refractivity contribution in [2.75, 3.05) is 0 Å². The Hall–Kier alpha value is -1.85. The number of rotatable bonds is 3. The van der Waals surface area contributed by atoms with E-state index >= 15 is 0 Å². The first-order valence-corrected chi connectivity index (χ1v) is 3.91. The second-order valence-electron chi connectivity index (χ2n) is 2.84. The summed E-state index contributed by atoms with van der Waals surface area (Å²) in [6, 6.07) is 1.02. The maximum Gasteiger partial charge on any atom is 0.377 e. The molecule has 0 bridgehead atoms. The highest BCUT2D eigenvalue weighted by Crippen LogP contribution is 2.06. The molecule has 0 saturated carbocycles. The fourth-order valence-electron chi connectivity index (χ4n) is 0.744. The lowest BCUT2D eigenvalue weighted by Gasteiger charge is -2.03. The molecule has 1 rings (SSSR count). The number of carbonyl (C=O) groups is 2. The predicted molar refractivity (Wildman–Crippen MR) is 44.0 cm³/mol. The van der Waals surface area contributed by atoms with Crippen LogP contribution in [0.25, 0.3) is 0 Å². The van der Waals surface area contributed by atoms with Crippen molar-refractivity contribution in [3.05, 3.63) is 17.5 Å². The van der Waals surface area contributed by atoms with Crippen LogP contribution < -0.4 is 0 Å². The molecule has 6 heteroatoms. The van der Waals surface area contributed by atoms with E-state index in [0.717, 1.165) is 6.07 Å². The number of esters is 1. The highest BCUT2D eigenvalue weighted by atomic mass is 16.6. The predicted octanol–water partition coefficient (Wildman–Crippen LogP) is 0.938. The Morgan fingerprint density at radius 1 is 1.57 bits per heavy atom.